The van der Waals surface area contributed by atoms with Crippen molar-refractivity contribution in [3.05, 3.63) is 71.8 Å². The Balaban J connectivity index is 2.07. The van der Waals surface area contributed by atoms with Crippen LogP contribution in [0, 0.1) is 0 Å². The molecule has 0 spiro atoms. The lowest BCUT2D eigenvalue weighted by atomic mass is 9.80. The van der Waals surface area contributed by atoms with Crippen molar-refractivity contribution in [1.82, 2.24) is 0 Å². The highest BCUT2D eigenvalue weighted by atomic mass is 16.7. The van der Waals surface area contributed by atoms with Gasteiger partial charge in [-0.05, 0) is 19.1 Å². The van der Waals surface area contributed by atoms with E-state index < -0.39 is 53.2 Å². The Kier molecular flexibility index (Phi) is 6.78. The highest BCUT2D eigenvalue weighted by Crippen LogP contribution is 2.44. The van der Waals surface area contributed by atoms with Gasteiger partial charge in [0.05, 0.1) is 5.56 Å². The van der Waals surface area contributed by atoms with Crippen LogP contribution in [0.1, 0.15) is 41.5 Å². The number of aliphatic hydroxyl groups is 2. The van der Waals surface area contributed by atoms with Gasteiger partial charge < -0.3 is 24.4 Å². The monoisotopic (exact) mass is 456 g/mol. The van der Waals surface area contributed by atoms with Crippen molar-refractivity contribution in [2.75, 3.05) is 0 Å². The standard InChI is InChI=1S/C24H24O9/c1-14(31-21(28)18-12-8-5-9-13-18)20-23(29,19(27)17-10-6-4-7-11-17)22(32-16(3)26)24(30,33-20)15(2)25/h4-14,20,22,29-30H,1-3H3/t14-,20+,22+,23+,24?/m0/s1. The highest BCUT2D eigenvalue weighted by molar-refractivity contribution is 6.05. The molecule has 33 heavy (non-hydrogen) atoms. The maximum Gasteiger partial charge on any atom is 0.338 e. The molecule has 0 amide bonds. The second-order valence-electron chi connectivity index (χ2n) is 7.78. The highest BCUT2D eigenvalue weighted by Gasteiger charge is 2.72. The van der Waals surface area contributed by atoms with E-state index >= 15 is 0 Å². The number of esters is 2. The number of hydrogen-bond donors (Lipinski definition) is 2. The number of carbonyl (C=O) groups excluding carboxylic acids is 4. The van der Waals surface area contributed by atoms with Crippen LogP contribution >= 0.6 is 0 Å². The summed E-state index contributed by atoms with van der Waals surface area (Å²) >= 11 is 0. The van der Waals surface area contributed by atoms with Gasteiger partial charge in [0, 0.05) is 19.4 Å². The summed E-state index contributed by atoms with van der Waals surface area (Å²) in [6.07, 6.45) is -5.21. The van der Waals surface area contributed by atoms with Crippen molar-refractivity contribution in [3.8, 4) is 0 Å². The van der Waals surface area contributed by atoms with Crippen molar-refractivity contribution < 1.29 is 43.6 Å². The summed E-state index contributed by atoms with van der Waals surface area (Å²) in [6.45, 7) is 3.26. The lowest BCUT2D eigenvalue weighted by Crippen LogP contribution is -2.62. The van der Waals surface area contributed by atoms with E-state index in [1.165, 1.54) is 43.3 Å². The first-order valence-corrected chi connectivity index (χ1v) is 10.2. The van der Waals surface area contributed by atoms with Crippen molar-refractivity contribution in [3.63, 3.8) is 0 Å². The summed E-state index contributed by atoms with van der Waals surface area (Å²) < 4.78 is 15.9. The zero-order valence-electron chi connectivity index (χ0n) is 18.3. The van der Waals surface area contributed by atoms with E-state index in [9.17, 15) is 29.4 Å². The molecule has 174 valence electrons. The van der Waals surface area contributed by atoms with E-state index in [1.807, 2.05) is 0 Å². The summed E-state index contributed by atoms with van der Waals surface area (Å²) in [5.74, 6) is -6.62. The molecule has 0 bridgehead atoms. The lowest BCUT2D eigenvalue weighted by Gasteiger charge is -2.34. The van der Waals surface area contributed by atoms with Crippen molar-refractivity contribution in [2.45, 2.75) is 50.5 Å². The van der Waals surface area contributed by atoms with Gasteiger partial charge in [0.15, 0.2) is 5.78 Å². The fraction of sp³-hybridized carbons (Fsp3) is 0.333. The summed E-state index contributed by atoms with van der Waals surface area (Å²) in [4.78, 5) is 50.1. The molecule has 1 aliphatic heterocycles. The van der Waals surface area contributed by atoms with Gasteiger partial charge in [-0.15, -0.1) is 0 Å². The van der Waals surface area contributed by atoms with Crippen molar-refractivity contribution in [1.29, 1.82) is 0 Å². The van der Waals surface area contributed by atoms with Gasteiger partial charge in [0.25, 0.3) is 5.79 Å². The molecule has 2 aromatic carbocycles. The third kappa shape index (κ3) is 4.43. The summed E-state index contributed by atoms with van der Waals surface area (Å²) in [5, 5.41) is 22.6. The summed E-state index contributed by atoms with van der Waals surface area (Å²) in [5.41, 5.74) is -2.57. The van der Waals surface area contributed by atoms with Gasteiger partial charge in [-0.2, -0.15) is 0 Å². The van der Waals surface area contributed by atoms with Crippen LogP contribution in [0.2, 0.25) is 0 Å². The van der Waals surface area contributed by atoms with E-state index in [0.29, 0.717) is 0 Å². The molecule has 0 saturated carbocycles. The van der Waals surface area contributed by atoms with E-state index in [4.69, 9.17) is 14.2 Å². The Morgan fingerprint density at radius 3 is 1.91 bits per heavy atom. The fourth-order valence-electron chi connectivity index (χ4n) is 3.79. The van der Waals surface area contributed by atoms with Gasteiger partial charge in [-0.1, -0.05) is 48.5 Å². The average Bonchev–Trinajstić information content (AvgIpc) is 3.03. The molecule has 2 aromatic rings. The Hall–Kier alpha value is -3.40. The van der Waals surface area contributed by atoms with Gasteiger partial charge in [0.2, 0.25) is 17.5 Å². The smallest absolute Gasteiger partial charge is 0.338 e. The first-order chi connectivity index (χ1) is 15.5. The third-order valence-electron chi connectivity index (χ3n) is 5.41. The molecular weight excluding hydrogens is 432 g/mol. The van der Waals surface area contributed by atoms with Crippen LogP contribution in [-0.4, -0.2) is 63.4 Å². The van der Waals surface area contributed by atoms with Gasteiger partial charge >= 0.3 is 11.9 Å². The van der Waals surface area contributed by atoms with E-state index in [2.05, 4.69) is 0 Å². The first kappa shape index (κ1) is 24.2. The largest absolute Gasteiger partial charge is 0.456 e. The molecule has 1 heterocycles. The molecular formula is C24H24O9. The molecule has 0 aliphatic carbocycles. The van der Waals surface area contributed by atoms with E-state index in [1.54, 1.807) is 24.3 Å². The SMILES string of the molecule is CC(=O)O[C@H]1C(O)(C(C)=O)O[C@H]([C@H](C)OC(=O)c2ccccc2)[C@]1(O)C(=O)c1ccccc1. The van der Waals surface area contributed by atoms with Gasteiger partial charge in [-0.3, -0.25) is 14.4 Å². The van der Waals surface area contributed by atoms with Crippen LogP contribution in [0.25, 0.3) is 0 Å². The minimum absolute atomic E-state index is 0.000130. The third-order valence-corrected chi connectivity index (χ3v) is 5.41. The molecule has 0 aromatic heterocycles. The van der Waals surface area contributed by atoms with Crippen LogP contribution < -0.4 is 0 Å². The maximum atomic E-state index is 13.5. The number of ketones is 2. The normalized spacial score (nSPS) is 27.4. The van der Waals surface area contributed by atoms with E-state index in [0.717, 1.165) is 13.8 Å². The Labute approximate surface area is 189 Å². The molecule has 1 saturated heterocycles. The number of hydrogen-bond acceptors (Lipinski definition) is 9. The molecule has 9 nitrogen and oxygen atoms in total. The molecule has 2 N–H and O–H groups in total. The molecule has 1 aliphatic rings. The minimum atomic E-state index is -2.86. The van der Waals surface area contributed by atoms with Crippen LogP contribution in [0.15, 0.2) is 60.7 Å². The van der Waals surface area contributed by atoms with Crippen LogP contribution in [0.5, 0.6) is 0 Å². The molecule has 3 rings (SSSR count). The van der Waals surface area contributed by atoms with Crippen molar-refractivity contribution >= 4 is 23.5 Å². The summed E-state index contributed by atoms with van der Waals surface area (Å²) in [6, 6.07) is 15.5. The number of Topliss-reactive ketones (excluding diaryl/α,β-unsaturated/α-hetero) is 2. The topological polar surface area (TPSA) is 136 Å². The van der Waals surface area contributed by atoms with Crippen LogP contribution in [-0.2, 0) is 23.8 Å². The number of carbonyl (C=O) groups is 4. The zero-order valence-corrected chi connectivity index (χ0v) is 18.3. The second kappa shape index (κ2) is 9.22. The average molecular weight is 456 g/mol. The zero-order chi connectivity index (χ0) is 24.4. The maximum absolute atomic E-state index is 13.5. The Morgan fingerprint density at radius 2 is 1.42 bits per heavy atom. The molecule has 9 heteroatoms. The lowest BCUT2D eigenvalue weighted by molar-refractivity contribution is -0.231. The van der Waals surface area contributed by atoms with Gasteiger partial charge in [-0.25, -0.2) is 4.79 Å². The second-order valence-corrected chi connectivity index (χ2v) is 7.78. The van der Waals surface area contributed by atoms with Crippen molar-refractivity contribution in [2.24, 2.45) is 0 Å². The summed E-state index contributed by atoms with van der Waals surface area (Å²) in [7, 11) is 0. The Morgan fingerprint density at radius 1 is 0.909 bits per heavy atom. The minimum Gasteiger partial charge on any atom is -0.456 e. The number of benzene rings is 2. The quantitative estimate of drug-likeness (QED) is 0.468. The number of ether oxygens (including phenoxy) is 3. The number of rotatable bonds is 7. The molecule has 1 fully saturated rings. The molecule has 0 radical (unpaired) electrons. The molecule has 1 unspecified atom stereocenters. The fourth-order valence-corrected chi connectivity index (χ4v) is 3.79. The predicted molar refractivity (Wildman–Crippen MR) is 113 cm³/mol. The molecule has 5 atom stereocenters. The predicted octanol–water partition coefficient (Wildman–Crippen LogP) is 1.45. The first-order valence-electron chi connectivity index (χ1n) is 10.2. The van der Waals surface area contributed by atoms with E-state index in [-0.39, 0.29) is 11.1 Å². The van der Waals surface area contributed by atoms with Crippen LogP contribution in [0.4, 0.5) is 0 Å². The Bertz CT molecular complexity index is 1050. The van der Waals surface area contributed by atoms with Gasteiger partial charge in [0.1, 0.15) is 12.2 Å². The van der Waals surface area contributed by atoms with Crippen LogP contribution in [0.3, 0.4) is 0 Å².